The Kier molecular flexibility index (Phi) is 4.21. The number of thiophene rings is 1. The lowest BCUT2D eigenvalue weighted by molar-refractivity contribution is 0.102. The standard InChI is InChI=1S/C18H11Cl2N3OS/c19-15-9-13(17(20)25-15)18(24)21-12-6-4-11(5-7-12)14-10-23-8-2-1-3-16(23)22-14/h1-10H,(H,21,24). The smallest absolute Gasteiger partial charge is 0.258 e. The largest absolute Gasteiger partial charge is 0.322 e. The van der Waals surface area contributed by atoms with Crippen LogP contribution >= 0.6 is 34.5 Å². The van der Waals surface area contributed by atoms with Crippen LogP contribution in [0, 0.1) is 0 Å². The summed E-state index contributed by atoms with van der Waals surface area (Å²) in [5, 5.41) is 2.82. The SMILES string of the molecule is O=C(Nc1ccc(-c2cn3ccccc3n2)cc1)c1cc(Cl)sc1Cl. The van der Waals surface area contributed by atoms with Gasteiger partial charge in [-0.3, -0.25) is 4.79 Å². The van der Waals surface area contributed by atoms with Crippen molar-refractivity contribution >= 4 is 51.8 Å². The molecule has 0 aliphatic rings. The molecule has 0 radical (unpaired) electrons. The van der Waals surface area contributed by atoms with Gasteiger partial charge in [0.1, 0.15) is 9.98 Å². The van der Waals surface area contributed by atoms with Crippen molar-refractivity contribution in [1.82, 2.24) is 9.38 Å². The maximum atomic E-state index is 12.3. The summed E-state index contributed by atoms with van der Waals surface area (Å²) >= 11 is 13.1. The summed E-state index contributed by atoms with van der Waals surface area (Å²) in [6.45, 7) is 0. The number of benzene rings is 1. The van der Waals surface area contributed by atoms with E-state index in [2.05, 4.69) is 10.3 Å². The lowest BCUT2D eigenvalue weighted by atomic mass is 10.1. The molecule has 124 valence electrons. The summed E-state index contributed by atoms with van der Waals surface area (Å²) in [5.41, 5.74) is 3.78. The highest BCUT2D eigenvalue weighted by Crippen LogP contribution is 2.31. The van der Waals surface area contributed by atoms with Crippen LogP contribution in [-0.2, 0) is 0 Å². The highest BCUT2D eigenvalue weighted by molar-refractivity contribution is 7.20. The Hall–Kier alpha value is -2.34. The minimum Gasteiger partial charge on any atom is -0.322 e. The van der Waals surface area contributed by atoms with Crippen molar-refractivity contribution in [2.24, 2.45) is 0 Å². The van der Waals surface area contributed by atoms with Gasteiger partial charge in [-0.15, -0.1) is 11.3 Å². The van der Waals surface area contributed by atoms with Gasteiger partial charge >= 0.3 is 0 Å². The van der Waals surface area contributed by atoms with Crippen molar-refractivity contribution in [3.63, 3.8) is 0 Å². The van der Waals surface area contributed by atoms with Crippen LogP contribution in [0.5, 0.6) is 0 Å². The predicted molar refractivity (Wildman–Crippen MR) is 103 cm³/mol. The second kappa shape index (κ2) is 6.52. The first-order chi connectivity index (χ1) is 12.1. The average Bonchev–Trinajstić information content (AvgIpc) is 3.18. The Morgan fingerprint density at radius 1 is 1.12 bits per heavy atom. The van der Waals surface area contributed by atoms with Crippen LogP contribution in [-0.4, -0.2) is 15.3 Å². The molecule has 4 nitrogen and oxygen atoms in total. The summed E-state index contributed by atoms with van der Waals surface area (Å²) in [6.07, 6.45) is 3.92. The van der Waals surface area contributed by atoms with Gasteiger partial charge in [-0.2, -0.15) is 0 Å². The van der Waals surface area contributed by atoms with E-state index in [1.165, 1.54) is 11.3 Å². The number of nitrogens with zero attached hydrogens (tertiary/aromatic N) is 2. The second-order valence-corrected chi connectivity index (χ2v) is 7.65. The van der Waals surface area contributed by atoms with E-state index in [0.717, 1.165) is 16.9 Å². The van der Waals surface area contributed by atoms with E-state index in [1.54, 1.807) is 6.07 Å². The fraction of sp³-hybridized carbons (Fsp3) is 0. The van der Waals surface area contributed by atoms with E-state index in [9.17, 15) is 4.79 Å². The quantitative estimate of drug-likeness (QED) is 0.495. The van der Waals surface area contributed by atoms with Crippen LogP contribution in [0.15, 0.2) is 60.9 Å². The number of imidazole rings is 1. The minimum atomic E-state index is -0.284. The third-order valence-electron chi connectivity index (χ3n) is 3.70. The fourth-order valence-corrected chi connectivity index (χ4v) is 3.95. The summed E-state index contributed by atoms with van der Waals surface area (Å²) in [4.78, 5) is 16.8. The normalized spacial score (nSPS) is 11.0. The Bertz CT molecular complexity index is 1040. The van der Waals surface area contributed by atoms with Gasteiger partial charge in [0, 0.05) is 23.6 Å². The molecule has 0 saturated heterocycles. The molecule has 0 unspecified atom stereocenters. The van der Waals surface area contributed by atoms with Gasteiger partial charge < -0.3 is 9.72 Å². The molecule has 4 rings (SSSR count). The first-order valence-corrected chi connectivity index (χ1v) is 8.98. The monoisotopic (exact) mass is 387 g/mol. The van der Waals surface area contributed by atoms with Gasteiger partial charge in [0.15, 0.2) is 0 Å². The van der Waals surface area contributed by atoms with Crippen molar-refractivity contribution in [3.8, 4) is 11.3 Å². The predicted octanol–water partition coefficient (Wildman–Crippen LogP) is 5.62. The molecule has 1 aromatic carbocycles. The molecular weight excluding hydrogens is 377 g/mol. The van der Waals surface area contributed by atoms with Gasteiger partial charge in [-0.05, 0) is 30.3 Å². The number of aromatic nitrogens is 2. The first kappa shape index (κ1) is 16.1. The molecule has 3 aromatic heterocycles. The molecule has 0 bridgehead atoms. The molecule has 0 aliphatic carbocycles. The van der Waals surface area contributed by atoms with Gasteiger partial charge in [0.05, 0.1) is 15.6 Å². The zero-order chi connectivity index (χ0) is 17.4. The van der Waals surface area contributed by atoms with E-state index >= 15 is 0 Å². The van der Waals surface area contributed by atoms with Crippen LogP contribution < -0.4 is 5.32 Å². The summed E-state index contributed by atoms with van der Waals surface area (Å²) in [5.74, 6) is -0.284. The van der Waals surface area contributed by atoms with Crippen molar-refractivity contribution in [3.05, 3.63) is 75.2 Å². The summed E-state index contributed by atoms with van der Waals surface area (Å²) in [6, 6.07) is 14.9. The number of carbonyl (C=O) groups is 1. The third-order valence-corrected chi connectivity index (χ3v) is 5.19. The van der Waals surface area contributed by atoms with Gasteiger partial charge in [-0.1, -0.05) is 41.4 Å². The molecule has 0 saturated carbocycles. The number of amides is 1. The van der Waals surface area contributed by atoms with E-state index in [-0.39, 0.29) is 5.91 Å². The number of carbonyl (C=O) groups excluding carboxylic acids is 1. The van der Waals surface area contributed by atoms with E-state index in [4.69, 9.17) is 23.2 Å². The molecule has 1 N–H and O–H groups in total. The number of hydrogen-bond acceptors (Lipinski definition) is 3. The number of hydrogen-bond donors (Lipinski definition) is 1. The zero-order valence-electron chi connectivity index (χ0n) is 12.7. The summed E-state index contributed by atoms with van der Waals surface area (Å²) < 4.78 is 2.83. The Balaban J connectivity index is 1.55. The fourth-order valence-electron chi connectivity index (χ4n) is 2.49. The van der Waals surface area contributed by atoms with Gasteiger partial charge in [0.2, 0.25) is 0 Å². The topological polar surface area (TPSA) is 46.4 Å². The molecule has 0 aliphatic heterocycles. The molecule has 0 fully saturated rings. The number of anilines is 1. The molecule has 7 heteroatoms. The second-order valence-electron chi connectivity index (χ2n) is 5.36. The van der Waals surface area contributed by atoms with E-state index in [1.807, 2.05) is 59.3 Å². The molecule has 0 atom stereocenters. The van der Waals surface area contributed by atoms with Crippen LogP contribution in [0.25, 0.3) is 16.9 Å². The molecule has 25 heavy (non-hydrogen) atoms. The van der Waals surface area contributed by atoms with Crippen LogP contribution in [0.3, 0.4) is 0 Å². The molecular formula is C18H11Cl2N3OS. The minimum absolute atomic E-state index is 0.284. The highest BCUT2D eigenvalue weighted by atomic mass is 35.5. The lowest BCUT2D eigenvalue weighted by Crippen LogP contribution is -2.11. The van der Waals surface area contributed by atoms with Crippen molar-refractivity contribution in [1.29, 1.82) is 0 Å². The first-order valence-electron chi connectivity index (χ1n) is 7.40. The molecule has 4 aromatic rings. The Morgan fingerprint density at radius 2 is 1.92 bits per heavy atom. The van der Waals surface area contributed by atoms with E-state index < -0.39 is 0 Å². The van der Waals surface area contributed by atoms with Crippen molar-refractivity contribution in [2.45, 2.75) is 0 Å². The maximum Gasteiger partial charge on any atom is 0.258 e. The Labute approximate surface area is 157 Å². The average molecular weight is 388 g/mol. The number of pyridine rings is 1. The van der Waals surface area contributed by atoms with Crippen LogP contribution in [0.1, 0.15) is 10.4 Å². The van der Waals surface area contributed by atoms with Gasteiger partial charge in [0.25, 0.3) is 5.91 Å². The van der Waals surface area contributed by atoms with Crippen LogP contribution in [0.4, 0.5) is 5.69 Å². The van der Waals surface area contributed by atoms with Gasteiger partial charge in [-0.25, -0.2) is 4.98 Å². The zero-order valence-corrected chi connectivity index (χ0v) is 15.1. The summed E-state index contributed by atoms with van der Waals surface area (Å²) in [7, 11) is 0. The number of halogens is 2. The van der Waals surface area contributed by atoms with Crippen LogP contribution in [0.2, 0.25) is 8.67 Å². The van der Waals surface area contributed by atoms with Crippen molar-refractivity contribution in [2.75, 3.05) is 5.32 Å². The number of nitrogens with one attached hydrogen (secondary N) is 1. The number of rotatable bonds is 3. The maximum absolute atomic E-state index is 12.3. The molecule has 0 spiro atoms. The third kappa shape index (κ3) is 3.26. The molecule has 1 amide bonds. The highest BCUT2D eigenvalue weighted by Gasteiger charge is 2.14. The van der Waals surface area contributed by atoms with E-state index in [0.29, 0.717) is 19.9 Å². The lowest BCUT2D eigenvalue weighted by Gasteiger charge is -2.05. The number of fused-ring (bicyclic) bond motifs is 1. The van der Waals surface area contributed by atoms with Crippen molar-refractivity contribution < 1.29 is 4.79 Å². The Morgan fingerprint density at radius 3 is 2.60 bits per heavy atom. The molecule has 3 heterocycles.